The van der Waals surface area contributed by atoms with E-state index >= 15 is 0 Å². The summed E-state index contributed by atoms with van der Waals surface area (Å²) in [4.78, 5) is 16.5. The molecule has 1 heterocycles. The van der Waals surface area contributed by atoms with Crippen LogP contribution in [0.15, 0.2) is 12.1 Å². The van der Waals surface area contributed by atoms with Gasteiger partial charge in [0.1, 0.15) is 11.6 Å². The fourth-order valence-corrected chi connectivity index (χ4v) is 1.63. The Balaban J connectivity index is 3.20. The first-order valence-electron chi connectivity index (χ1n) is 5.71. The van der Waals surface area contributed by atoms with E-state index in [1.165, 1.54) is 12.1 Å². The average Bonchev–Trinajstić information content (AvgIpc) is 2.34. The molecule has 0 radical (unpaired) electrons. The van der Waals surface area contributed by atoms with Crippen LogP contribution in [0.1, 0.15) is 13.8 Å². The van der Waals surface area contributed by atoms with E-state index in [0.717, 1.165) is 0 Å². The van der Waals surface area contributed by atoms with Crippen LogP contribution in [-0.4, -0.2) is 41.3 Å². The molecular formula is C11H18N4O3. The fourth-order valence-electron chi connectivity index (χ4n) is 1.63. The van der Waals surface area contributed by atoms with Crippen molar-refractivity contribution in [1.29, 1.82) is 0 Å². The number of pyridine rings is 1. The smallest absolute Gasteiger partial charge is 0.276 e. The lowest BCUT2D eigenvalue weighted by Crippen LogP contribution is -2.34. The maximum Gasteiger partial charge on any atom is 0.276 e. The summed E-state index contributed by atoms with van der Waals surface area (Å²) in [5, 5.41) is 22.7. The van der Waals surface area contributed by atoms with Crippen LogP contribution < -0.4 is 10.2 Å². The Bertz CT molecular complexity index is 423. The summed E-state index contributed by atoms with van der Waals surface area (Å²) in [6.07, 6.45) is 0. The van der Waals surface area contributed by atoms with Crippen molar-refractivity contribution in [2.45, 2.75) is 19.9 Å². The second-order valence-corrected chi connectivity index (χ2v) is 4.09. The highest BCUT2D eigenvalue weighted by Crippen LogP contribution is 2.24. The first-order chi connectivity index (χ1) is 8.49. The number of aliphatic hydroxyl groups excluding tert-OH is 1. The molecule has 1 aromatic rings. The van der Waals surface area contributed by atoms with Crippen LogP contribution in [0.5, 0.6) is 0 Å². The van der Waals surface area contributed by atoms with Crippen molar-refractivity contribution in [3.8, 4) is 0 Å². The van der Waals surface area contributed by atoms with E-state index in [1.54, 1.807) is 7.05 Å². The number of rotatable bonds is 6. The molecular weight excluding hydrogens is 236 g/mol. The zero-order valence-corrected chi connectivity index (χ0v) is 10.8. The highest BCUT2D eigenvalue weighted by Gasteiger charge is 2.17. The van der Waals surface area contributed by atoms with Crippen LogP contribution in [0.4, 0.5) is 17.3 Å². The summed E-state index contributed by atoms with van der Waals surface area (Å²) in [5.41, 5.74) is -0.0204. The molecule has 0 unspecified atom stereocenters. The van der Waals surface area contributed by atoms with Crippen molar-refractivity contribution in [3.05, 3.63) is 22.2 Å². The van der Waals surface area contributed by atoms with Crippen LogP contribution >= 0.6 is 0 Å². The second kappa shape index (κ2) is 6.15. The molecule has 0 saturated heterocycles. The Morgan fingerprint density at radius 2 is 2.22 bits per heavy atom. The van der Waals surface area contributed by atoms with Gasteiger partial charge in [0, 0.05) is 19.6 Å². The molecule has 1 aromatic heterocycles. The maximum absolute atomic E-state index is 10.9. The topological polar surface area (TPSA) is 91.5 Å². The van der Waals surface area contributed by atoms with E-state index in [4.69, 9.17) is 5.11 Å². The average molecular weight is 254 g/mol. The predicted octanol–water partition coefficient (Wildman–Crippen LogP) is 1.24. The summed E-state index contributed by atoms with van der Waals surface area (Å²) in [6.45, 7) is 4.23. The predicted molar refractivity (Wildman–Crippen MR) is 70.0 cm³/mol. The lowest BCUT2D eigenvalue weighted by Gasteiger charge is -2.27. The van der Waals surface area contributed by atoms with E-state index in [0.29, 0.717) is 18.2 Å². The maximum atomic E-state index is 10.9. The van der Waals surface area contributed by atoms with E-state index in [1.807, 2.05) is 18.7 Å². The van der Waals surface area contributed by atoms with E-state index in [2.05, 4.69) is 10.3 Å². The molecule has 7 heteroatoms. The van der Waals surface area contributed by atoms with Gasteiger partial charge in [-0.15, -0.1) is 0 Å². The molecule has 18 heavy (non-hydrogen) atoms. The molecule has 0 aliphatic heterocycles. The number of nitrogens with zero attached hydrogens (tertiary/aromatic N) is 3. The first kappa shape index (κ1) is 14.2. The summed E-state index contributed by atoms with van der Waals surface area (Å²) in [5.74, 6) is 0.917. The minimum atomic E-state index is -0.455. The molecule has 0 fully saturated rings. The zero-order chi connectivity index (χ0) is 13.7. The van der Waals surface area contributed by atoms with Crippen molar-refractivity contribution < 1.29 is 10.0 Å². The van der Waals surface area contributed by atoms with Gasteiger partial charge in [-0.05, 0) is 13.8 Å². The minimum Gasteiger partial charge on any atom is -0.395 e. The third-order valence-electron chi connectivity index (χ3n) is 2.52. The number of aliphatic hydroxyl groups is 1. The van der Waals surface area contributed by atoms with Crippen LogP contribution in [0.3, 0.4) is 0 Å². The van der Waals surface area contributed by atoms with Crippen molar-refractivity contribution in [1.82, 2.24) is 4.98 Å². The molecule has 2 N–H and O–H groups in total. The molecule has 0 aliphatic carbocycles. The zero-order valence-electron chi connectivity index (χ0n) is 10.8. The van der Waals surface area contributed by atoms with Crippen molar-refractivity contribution in [3.63, 3.8) is 0 Å². The standard InChI is InChI=1S/C11H18N4O3/c1-8(2)14(4-5-16)11-7-9(15(17)18)6-10(12-3)13-11/h6-8,16H,4-5H2,1-3H3,(H,12,13). The molecule has 100 valence electrons. The molecule has 7 nitrogen and oxygen atoms in total. The molecule has 0 aliphatic rings. The van der Waals surface area contributed by atoms with Gasteiger partial charge in [-0.2, -0.15) is 0 Å². The summed E-state index contributed by atoms with van der Waals surface area (Å²) in [6, 6.07) is 2.88. The molecule has 0 bridgehead atoms. The van der Waals surface area contributed by atoms with Gasteiger partial charge in [-0.1, -0.05) is 0 Å². The van der Waals surface area contributed by atoms with Crippen LogP contribution in [0.2, 0.25) is 0 Å². The van der Waals surface area contributed by atoms with Gasteiger partial charge in [-0.3, -0.25) is 10.1 Å². The number of hydrogen-bond acceptors (Lipinski definition) is 6. The van der Waals surface area contributed by atoms with Crippen LogP contribution in [0, 0.1) is 10.1 Å². The van der Waals surface area contributed by atoms with E-state index < -0.39 is 4.92 Å². The molecule has 0 spiro atoms. The first-order valence-corrected chi connectivity index (χ1v) is 5.71. The monoisotopic (exact) mass is 254 g/mol. The largest absolute Gasteiger partial charge is 0.395 e. The van der Waals surface area contributed by atoms with Gasteiger partial charge >= 0.3 is 0 Å². The highest BCUT2D eigenvalue weighted by atomic mass is 16.6. The van der Waals surface area contributed by atoms with Crippen LogP contribution in [0.25, 0.3) is 0 Å². The minimum absolute atomic E-state index is 0.0204. The molecule has 0 saturated carbocycles. The molecule has 1 rings (SSSR count). The Kier molecular flexibility index (Phi) is 4.85. The van der Waals surface area contributed by atoms with E-state index in [-0.39, 0.29) is 18.3 Å². The number of aromatic nitrogens is 1. The quantitative estimate of drug-likeness (QED) is 0.586. The summed E-state index contributed by atoms with van der Waals surface area (Å²) < 4.78 is 0. The van der Waals surface area contributed by atoms with Gasteiger partial charge < -0.3 is 15.3 Å². The second-order valence-electron chi connectivity index (χ2n) is 4.09. The van der Waals surface area contributed by atoms with Crippen molar-refractivity contribution >= 4 is 17.3 Å². The summed E-state index contributed by atoms with van der Waals surface area (Å²) in [7, 11) is 1.65. The van der Waals surface area contributed by atoms with Crippen molar-refractivity contribution in [2.75, 3.05) is 30.4 Å². The third kappa shape index (κ3) is 3.30. The highest BCUT2D eigenvalue weighted by molar-refractivity contribution is 5.56. The molecule has 0 amide bonds. The van der Waals surface area contributed by atoms with Gasteiger partial charge in [0.25, 0.3) is 5.69 Å². The Morgan fingerprint density at radius 1 is 1.56 bits per heavy atom. The Morgan fingerprint density at radius 3 is 2.67 bits per heavy atom. The third-order valence-corrected chi connectivity index (χ3v) is 2.52. The van der Waals surface area contributed by atoms with Crippen LogP contribution in [-0.2, 0) is 0 Å². The number of hydrogen-bond donors (Lipinski definition) is 2. The van der Waals surface area contributed by atoms with Gasteiger partial charge in [0.05, 0.1) is 23.7 Å². The van der Waals surface area contributed by atoms with E-state index in [9.17, 15) is 10.1 Å². The Hall–Kier alpha value is -1.89. The number of nitro groups is 1. The fraction of sp³-hybridized carbons (Fsp3) is 0.545. The molecule has 0 aromatic carbocycles. The lowest BCUT2D eigenvalue weighted by molar-refractivity contribution is -0.384. The van der Waals surface area contributed by atoms with Gasteiger partial charge in [-0.25, -0.2) is 4.98 Å². The number of anilines is 2. The summed E-state index contributed by atoms with van der Waals surface area (Å²) >= 11 is 0. The lowest BCUT2D eigenvalue weighted by atomic mass is 10.3. The van der Waals surface area contributed by atoms with Crippen molar-refractivity contribution in [2.24, 2.45) is 0 Å². The van der Waals surface area contributed by atoms with Gasteiger partial charge in [0.2, 0.25) is 0 Å². The molecule has 0 atom stereocenters. The van der Waals surface area contributed by atoms with Gasteiger partial charge in [0.15, 0.2) is 0 Å². The number of nitrogens with one attached hydrogen (secondary N) is 1. The Labute approximate surface area is 106 Å². The normalized spacial score (nSPS) is 10.5. The SMILES string of the molecule is CNc1cc([N+](=O)[O-])cc(N(CCO)C(C)C)n1.